The molecule has 108 valence electrons. The second-order valence-corrected chi connectivity index (χ2v) is 4.56. The number of carbonyl (C=O) groups excluding carboxylic acids is 1. The maximum atomic E-state index is 12.4. The molecule has 0 bridgehead atoms. The molecule has 0 spiro atoms. The number of ether oxygens (including phenoxy) is 2. The van der Waals surface area contributed by atoms with E-state index in [1.165, 1.54) is 19.1 Å². The fraction of sp³-hybridized carbons (Fsp3) is 0.429. The summed E-state index contributed by atoms with van der Waals surface area (Å²) in [6.07, 6.45) is 1.20. The van der Waals surface area contributed by atoms with Gasteiger partial charge in [-0.05, 0) is 31.0 Å². The number of methoxy groups -OCH3 is 2. The van der Waals surface area contributed by atoms with Crippen LogP contribution < -0.4 is 9.47 Å². The highest BCUT2D eigenvalue weighted by atomic mass is 16.5. The first-order valence-electron chi connectivity index (χ1n) is 6.34. The Bertz CT molecular complexity index is 528. The Morgan fingerprint density at radius 2 is 1.95 bits per heavy atom. The molecule has 1 heterocycles. The van der Waals surface area contributed by atoms with Gasteiger partial charge in [0.25, 0.3) is 5.91 Å². The second kappa shape index (κ2) is 5.81. The number of rotatable bonds is 4. The zero-order chi connectivity index (χ0) is 14.7. The van der Waals surface area contributed by atoms with E-state index < -0.39 is 12.0 Å². The van der Waals surface area contributed by atoms with Crippen molar-refractivity contribution in [2.45, 2.75) is 18.9 Å². The maximum Gasteiger partial charge on any atom is 0.326 e. The molecule has 1 aliphatic rings. The van der Waals surface area contributed by atoms with Gasteiger partial charge in [0.15, 0.2) is 11.5 Å². The van der Waals surface area contributed by atoms with Crippen LogP contribution in [0.2, 0.25) is 0 Å². The van der Waals surface area contributed by atoms with Gasteiger partial charge in [0, 0.05) is 12.1 Å². The van der Waals surface area contributed by atoms with Gasteiger partial charge in [-0.3, -0.25) is 4.79 Å². The molecular formula is C14H17NO5. The van der Waals surface area contributed by atoms with Gasteiger partial charge < -0.3 is 19.5 Å². The van der Waals surface area contributed by atoms with E-state index >= 15 is 0 Å². The molecule has 0 aliphatic carbocycles. The summed E-state index contributed by atoms with van der Waals surface area (Å²) in [7, 11) is 3.00. The number of nitrogens with zero attached hydrogens (tertiary/aromatic N) is 1. The van der Waals surface area contributed by atoms with Gasteiger partial charge in [-0.25, -0.2) is 4.79 Å². The first-order valence-corrected chi connectivity index (χ1v) is 6.34. The molecule has 1 aromatic carbocycles. The molecule has 1 aliphatic heterocycles. The van der Waals surface area contributed by atoms with Crippen LogP contribution in [-0.4, -0.2) is 48.7 Å². The van der Waals surface area contributed by atoms with Crippen LogP contribution in [0.4, 0.5) is 0 Å². The van der Waals surface area contributed by atoms with Crippen LogP contribution in [0, 0.1) is 0 Å². The summed E-state index contributed by atoms with van der Waals surface area (Å²) >= 11 is 0. The van der Waals surface area contributed by atoms with Crippen molar-refractivity contribution in [3.63, 3.8) is 0 Å². The SMILES string of the molecule is COc1ccc(C(=O)N2CCCC2C(=O)O)cc1OC. The Kier molecular flexibility index (Phi) is 4.12. The minimum absolute atomic E-state index is 0.296. The van der Waals surface area contributed by atoms with Crippen molar-refractivity contribution in [3.8, 4) is 11.5 Å². The van der Waals surface area contributed by atoms with Crippen LogP contribution in [0.3, 0.4) is 0 Å². The minimum atomic E-state index is -0.962. The molecule has 1 fully saturated rings. The van der Waals surface area contributed by atoms with Gasteiger partial charge in [0.05, 0.1) is 14.2 Å². The zero-order valence-corrected chi connectivity index (χ0v) is 11.5. The standard InChI is InChI=1S/C14H17NO5/c1-19-11-6-5-9(8-12(11)20-2)13(16)15-7-3-4-10(15)14(17)18/h5-6,8,10H,3-4,7H2,1-2H3,(H,17,18). The molecule has 2 rings (SSSR count). The lowest BCUT2D eigenvalue weighted by Crippen LogP contribution is -2.40. The van der Waals surface area contributed by atoms with Crippen LogP contribution >= 0.6 is 0 Å². The van der Waals surface area contributed by atoms with Gasteiger partial charge in [0.1, 0.15) is 6.04 Å². The monoisotopic (exact) mass is 279 g/mol. The van der Waals surface area contributed by atoms with Crippen molar-refractivity contribution < 1.29 is 24.2 Å². The van der Waals surface area contributed by atoms with Crippen molar-refractivity contribution >= 4 is 11.9 Å². The Morgan fingerprint density at radius 3 is 2.55 bits per heavy atom. The number of aliphatic carboxylic acids is 1. The largest absolute Gasteiger partial charge is 0.493 e. The van der Waals surface area contributed by atoms with Crippen LogP contribution in [-0.2, 0) is 4.79 Å². The van der Waals surface area contributed by atoms with Crippen molar-refractivity contribution in [2.24, 2.45) is 0 Å². The summed E-state index contributed by atoms with van der Waals surface area (Å²) in [4.78, 5) is 24.9. The molecule has 0 aromatic heterocycles. The average Bonchev–Trinajstić information content (AvgIpc) is 2.95. The average molecular weight is 279 g/mol. The lowest BCUT2D eigenvalue weighted by Gasteiger charge is -2.21. The summed E-state index contributed by atoms with van der Waals surface area (Å²) in [5.74, 6) is -0.281. The molecule has 0 radical (unpaired) electrons. The van der Waals surface area contributed by atoms with E-state index in [0.29, 0.717) is 36.4 Å². The van der Waals surface area contributed by atoms with E-state index in [2.05, 4.69) is 0 Å². The maximum absolute atomic E-state index is 12.4. The lowest BCUT2D eigenvalue weighted by atomic mass is 10.1. The minimum Gasteiger partial charge on any atom is -0.493 e. The number of carbonyl (C=O) groups is 2. The van der Waals surface area contributed by atoms with Crippen LogP contribution in [0.15, 0.2) is 18.2 Å². The predicted octanol–water partition coefficient (Wildman–Crippen LogP) is 1.39. The number of benzene rings is 1. The fourth-order valence-electron chi connectivity index (χ4n) is 2.40. The van der Waals surface area contributed by atoms with E-state index in [-0.39, 0.29) is 5.91 Å². The van der Waals surface area contributed by atoms with Crippen molar-refractivity contribution in [1.29, 1.82) is 0 Å². The lowest BCUT2D eigenvalue weighted by molar-refractivity contribution is -0.141. The topological polar surface area (TPSA) is 76.1 Å². The molecule has 0 saturated carbocycles. The van der Waals surface area contributed by atoms with Crippen LogP contribution in [0.1, 0.15) is 23.2 Å². The third-order valence-electron chi connectivity index (χ3n) is 3.43. The molecule has 1 saturated heterocycles. The summed E-state index contributed by atoms with van der Waals surface area (Å²) in [6, 6.07) is 4.08. The van der Waals surface area contributed by atoms with Crippen LogP contribution in [0.25, 0.3) is 0 Å². The molecule has 6 heteroatoms. The van der Waals surface area contributed by atoms with Crippen LogP contribution in [0.5, 0.6) is 11.5 Å². The summed E-state index contributed by atoms with van der Waals surface area (Å²) in [5.41, 5.74) is 0.399. The third kappa shape index (κ3) is 2.54. The van der Waals surface area contributed by atoms with Gasteiger partial charge in [-0.15, -0.1) is 0 Å². The van der Waals surface area contributed by atoms with E-state index in [9.17, 15) is 9.59 Å². The van der Waals surface area contributed by atoms with E-state index in [4.69, 9.17) is 14.6 Å². The first kappa shape index (κ1) is 14.2. The Hall–Kier alpha value is -2.24. The van der Waals surface area contributed by atoms with Gasteiger partial charge >= 0.3 is 5.97 Å². The van der Waals surface area contributed by atoms with Gasteiger partial charge in [-0.2, -0.15) is 0 Å². The number of hydrogen-bond acceptors (Lipinski definition) is 4. The molecule has 1 amide bonds. The summed E-state index contributed by atoms with van der Waals surface area (Å²) in [5, 5.41) is 9.12. The highest BCUT2D eigenvalue weighted by molar-refractivity contribution is 5.97. The number of hydrogen-bond donors (Lipinski definition) is 1. The normalized spacial score (nSPS) is 17.9. The number of carboxylic acids is 1. The quantitative estimate of drug-likeness (QED) is 0.901. The molecule has 1 unspecified atom stereocenters. The zero-order valence-electron chi connectivity index (χ0n) is 11.5. The molecular weight excluding hydrogens is 262 g/mol. The Balaban J connectivity index is 2.27. The first-order chi connectivity index (χ1) is 9.58. The number of amides is 1. The molecule has 1 atom stereocenters. The highest BCUT2D eigenvalue weighted by Crippen LogP contribution is 2.29. The summed E-state index contributed by atoms with van der Waals surface area (Å²) in [6.45, 7) is 0.462. The molecule has 1 N–H and O–H groups in total. The predicted molar refractivity (Wildman–Crippen MR) is 71.2 cm³/mol. The second-order valence-electron chi connectivity index (χ2n) is 4.56. The number of likely N-dealkylation sites (tertiary alicyclic amines) is 1. The van der Waals surface area contributed by atoms with E-state index in [1.54, 1.807) is 18.2 Å². The smallest absolute Gasteiger partial charge is 0.326 e. The van der Waals surface area contributed by atoms with Crippen molar-refractivity contribution in [2.75, 3.05) is 20.8 Å². The van der Waals surface area contributed by atoms with E-state index in [0.717, 1.165) is 0 Å². The van der Waals surface area contributed by atoms with Crippen molar-refractivity contribution in [3.05, 3.63) is 23.8 Å². The number of carboxylic acid groups (broad SMARTS) is 1. The Morgan fingerprint density at radius 1 is 1.25 bits per heavy atom. The van der Waals surface area contributed by atoms with Gasteiger partial charge in [-0.1, -0.05) is 0 Å². The Labute approximate surface area is 116 Å². The fourth-order valence-corrected chi connectivity index (χ4v) is 2.40. The van der Waals surface area contributed by atoms with Gasteiger partial charge in [0.2, 0.25) is 0 Å². The summed E-state index contributed by atoms with van der Waals surface area (Å²) < 4.78 is 10.3. The highest BCUT2D eigenvalue weighted by Gasteiger charge is 2.34. The third-order valence-corrected chi connectivity index (χ3v) is 3.43. The molecule has 6 nitrogen and oxygen atoms in total. The van der Waals surface area contributed by atoms with Crippen molar-refractivity contribution in [1.82, 2.24) is 4.90 Å². The van der Waals surface area contributed by atoms with E-state index in [1.807, 2.05) is 0 Å². The molecule has 20 heavy (non-hydrogen) atoms. The molecule has 1 aromatic rings.